The Hall–Kier alpha value is -3.80. The molecule has 0 radical (unpaired) electrons. The standard InChI is InChI=1S/C24H24N2O4/c1-16(2)30-22-12-6-18(7-13-22)24(28)25-19-8-4-17(5-9-19)23(27)26-20-10-14-21(29-3)15-11-20/h4-16H,1-3H3,(H,25,28)(H,26,27). The van der Waals surface area contributed by atoms with Crippen LogP contribution in [0.2, 0.25) is 0 Å². The first-order valence-corrected chi connectivity index (χ1v) is 9.58. The summed E-state index contributed by atoms with van der Waals surface area (Å²) in [6.07, 6.45) is 0.0742. The number of hydrogen-bond acceptors (Lipinski definition) is 4. The van der Waals surface area contributed by atoms with Gasteiger partial charge in [0, 0.05) is 22.5 Å². The Balaban J connectivity index is 1.59. The highest BCUT2D eigenvalue weighted by molar-refractivity contribution is 6.06. The Labute approximate surface area is 175 Å². The highest BCUT2D eigenvalue weighted by Crippen LogP contribution is 2.18. The SMILES string of the molecule is COc1ccc(NC(=O)c2ccc(NC(=O)c3ccc(OC(C)C)cc3)cc2)cc1. The van der Waals surface area contributed by atoms with E-state index in [0.717, 1.165) is 5.75 Å². The lowest BCUT2D eigenvalue weighted by Crippen LogP contribution is -2.14. The second-order valence-electron chi connectivity index (χ2n) is 6.91. The molecule has 0 saturated carbocycles. The van der Waals surface area contributed by atoms with Gasteiger partial charge in [-0.05, 0) is 86.6 Å². The van der Waals surface area contributed by atoms with Gasteiger partial charge in [-0.3, -0.25) is 9.59 Å². The van der Waals surface area contributed by atoms with Crippen molar-refractivity contribution in [3.05, 3.63) is 83.9 Å². The topological polar surface area (TPSA) is 76.7 Å². The maximum absolute atomic E-state index is 12.4. The Morgan fingerprint density at radius 2 is 1.07 bits per heavy atom. The highest BCUT2D eigenvalue weighted by atomic mass is 16.5. The zero-order chi connectivity index (χ0) is 21.5. The predicted molar refractivity (Wildman–Crippen MR) is 118 cm³/mol. The van der Waals surface area contributed by atoms with Crippen molar-refractivity contribution in [1.29, 1.82) is 0 Å². The summed E-state index contributed by atoms with van der Waals surface area (Å²) in [4.78, 5) is 24.8. The van der Waals surface area contributed by atoms with Crippen molar-refractivity contribution in [3.63, 3.8) is 0 Å². The molecule has 0 aliphatic rings. The van der Waals surface area contributed by atoms with E-state index in [1.807, 2.05) is 13.8 Å². The maximum Gasteiger partial charge on any atom is 0.255 e. The second-order valence-corrected chi connectivity index (χ2v) is 6.91. The first-order valence-electron chi connectivity index (χ1n) is 9.58. The van der Waals surface area contributed by atoms with E-state index < -0.39 is 0 Å². The average Bonchev–Trinajstić information content (AvgIpc) is 2.75. The molecule has 3 rings (SSSR count). The lowest BCUT2D eigenvalue weighted by molar-refractivity contribution is 0.102. The number of amides is 2. The van der Waals surface area contributed by atoms with Gasteiger partial charge in [-0.15, -0.1) is 0 Å². The van der Waals surface area contributed by atoms with E-state index in [0.29, 0.717) is 28.3 Å². The minimum Gasteiger partial charge on any atom is -0.497 e. The number of carbonyl (C=O) groups excluding carboxylic acids is 2. The van der Waals surface area contributed by atoms with Gasteiger partial charge < -0.3 is 20.1 Å². The first-order chi connectivity index (χ1) is 14.4. The van der Waals surface area contributed by atoms with Crippen molar-refractivity contribution >= 4 is 23.2 Å². The van der Waals surface area contributed by atoms with E-state index >= 15 is 0 Å². The summed E-state index contributed by atoms with van der Waals surface area (Å²) >= 11 is 0. The number of methoxy groups -OCH3 is 1. The minimum absolute atomic E-state index is 0.0742. The number of nitrogens with one attached hydrogen (secondary N) is 2. The molecule has 6 heteroatoms. The van der Waals surface area contributed by atoms with Crippen molar-refractivity contribution in [1.82, 2.24) is 0 Å². The van der Waals surface area contributed by atoms with Crippen molar-refractivity contribution in [2.45, 2.75) is 20.0 Å². The quantitative estimate of drug-likeness (QED) is 0.582. The van der Waals surface area contributed by atoms with Crippen molar-refractivity contribution in [2.24, 2.45) is 0 Å². The summed E-state index contributed by atoms with van der Waals surface area (Å²) < 4.78 is 10.7. The van der Waals surface area contributed by atoms with Gasteiger partial charge in [-0.1, -0.05) is 0 Å². The third kappa shape index (κ3) is 5.61. The van der Waals surface area contributed by atoms with Gasteiger partial charge in [0.2, 0.25) is 0 Å². The van der Waals surface area contributed by atoms with E-state index in [1.54, 1.807) is 79.9 Å². The molecule has 3 aromatic carbocycles. The molecule has 2 N–H and O–H groups in total. The fourth-order valence-electron chi connectivity index (χ4n) is 2.74. The summed E-state index contributed by atoms with van der Waals surface area (Å²) in [6.45, 7) is 3.89. The van der Waals surface area contributed by atoms with Gasteiger partial charge in [-0.2, -0.15) is 0 Å². The van der Waals surface area contributed by atoms with Gasteiger partial charge in [0.15, 0.2) is 0 Å². The molecule has 6 nitrogen and oxygen atoms in total. The smallest absolute Gasteiger partial charge is 0.255 e. The Morgan fingerprint density at radius 3 is 1.50 bits per heavy atom. The zero-order valence-electron chi connectivity index (χ0n) is 17.1. The molecule has 0 bridgehead atoms. The molecule has 0 unspecified atom stereocenters. The van der Waals surface area contributed by atoms with Gasteiger partial charge >= 0.3 is 0 Å². The van der Waals surface area contributed by atoms with Crippen molar-refractivity contribution in [3.8, 4) is 11.5 Å². The zero-order valence-corrected chi connectivity index (χ0v) is 17.1. The van der Waals surface area contributed by atoms with Crippen LogP contribution in [0.5, 0.6) is 11.5 Å². The average molecular weight is 404 g/mol. The number of anilines is 2. The van der Waals surface area contributed by atoms with Crippen LogP contribution in [0.4, 0.5) is 11.4 Å². The third-order valence-electron chi connectivity index (χ3n) is 4.24. The Bertz CT molecular complexity index is 995. The van der Waals surface area contributed by atoms with E-state index in [2.05, 4.69) is 10.6 Å². The Kier molecular flexibility index (Phi) is 6.70. The molecule has 0 saturated heterocycles. The van der Waals surface area contributed by atoms with E-state index in [-0.39, 0.29) is 17.9 Å². The molecule has 0 atom stereocenters. The first kappa shape index (κ1) is 20.9. The second kappa shape index (κ2) is 9.60. The van der Waals surface area contributed by atoms with Gasteiger partial charge in [0.1, 0.15) is 11.5 Å². The number of ether oxygens (including phenoxy) is 2. The number of carbonyl (C=O) groups is 2. The van der Waals surface area contributed by atoms with Crippen LogP contribution in [0.25, 0.3) is 0 Å². The molecule has 154 valence electrons. The molecule has 0 spiro atoms. The van der Waals surface area contributed by atoms with Crippen LogP contribution in [0.15, 0.2) is 72.8 Å². The molecule has 3 aromatic rings. The van der Waals surface area contributed by atoms with E-state index in [4.69, 9.17) is 9.47 Å². The number of hydrogen-bond donors (Lipinski definition) is 2. The normalized spacial score (nSPS) is 10.4. The Morgan fingerprint density at radius 1 is 0.667 bits per heavy atom. The predicted octanol–water partition coefficient (Wildman–Crippen LogP) is 4.99. The molecule has 2 amide bonds. The minimum atomic E-state index is -0.237. The maximum atomic E-state index is 12.4. The molecule has 0 aromatic heterocycles. The lowest BCUT2D eigenvalue weighted by Gasteiger charge is -2.10. The number of benzene rings is 3. The van der Waals surface area contributed by atoms with Gasteiger partial charge in [0.25, 0.3) is 11.8 Å². The van der Waals surface area contributed by atoms with Gasteiger partial charge in [0.05, 0.1) is 13.2 Å². The fourth-order valence-corrected chi connectivity index (χ4v) is 2.74. The van der Waals surface area contributed by atoms with Crippen LogP contribution in [0.1, 0.15) is 34.6 Å². The fraction of sp³-hybridized carbons (Fsp3) is 0.167. The third-order valence-corrected chi connectivity index (χ3v) is 4.24. The van der Waals surface area contributed by atoms with Crippen LogP contribution in [-0.2, 0) is 0 Å². The van der Waals surface area contributed by atoms with E-state index in [9.17, 15) is 9.59 Å². The highest BCUT2D eigenvalue weighted by Gasteiger charge is 2.09. The molecule has 0 fully saturated rings. The van der Waals surface area contributed by atoms with Crippen molar-refractivity contribution in [2.75, 3.05) is 17.7 Å². The van der Waals surface area contributed by atoms with Crippen molar-refractivity contribution < 1.29 is 19.1 Å². The summed E-state index contributed by atoms with van der Waals surface area (Å²) in [7, 11) is 1.59. The summed E-state index contributed by atoms with van der Waals surface area (Å²) in [5, 5.41) is 5.64. The summed E-state index contributed by atoms with van der Waals surface area (Å²) in [5.74, 6) is 0.962. The summed E-state index contributed by atoms with van der Waals surface area (Å²) in [5.41, 5.74) is 2.28. The van der Waals surface area contributed by atoms with Crippen LogP contribution in [0, 0.1) is 0 Å². The molecule has 30 heavy (non-hydrogen) atoms. The molecule has 0 heterocycles. The largest absolute Gasteiger partial charge is 0.497 e. The van der Waals surface area contributed by atoms with Gasteiger partial charge in [-0.25, -0.2) is 0 Å². The van der Waals surface area contributed by atoms with Crippen LogP contribution >= 0.6 is 0 Å². The molecular formula is C24H24N2O4. The monoisotopic (exact) mass is 404 g/mol. The number of rotatable bonds is 7. The molecule has 0 aliphatic heterocycles. The van der Waals surface area contributed by atoms with Crippen LogP contribution in [-0.4, -0.2) is 25.0 Å². The molecular weight excluding hydrogens is 380 g/mol. The molecule has 0 aliphatic carbocycles. The van der Waals surface area contributed by atoms with E-state index in [1.165, 1.54) is 0 Å². The lowest BCUT2D eigenvalue weighted by atomic mass is 10.1. The van der Waals surface area contributed by atoms with Crippen LogP contribution < -0.4 is 20.1 Å². The van der Waals surface area contributed by atoms with Crippen LogP contribution in [0.3, 0.4) is 0 Å². The summed E-state index contributed by atoms with van der Waals surface area (Å²) in [6, 6.07) is 20.7.